The van der Waals surface area contributed by atoms with E-state index in [1.165, 1.54) is 24.8 Å². The largest absolute Gasteiger partial charge is 0.313 e. The highest BCUT2D eigenvalue weighted by Crippen LogP contribution is 2.09. The van der Waals surface area contributed by atoms with Gasteiger partial charge in [0.1, 0.15) is 0 Å². The van der Waals surface area contributed by atoms with Crippen LogP contribution in [0, 0.1) is 0 Å². The molecule has 1 aromatic rings. The monoisotopic (exact) mass is 289 g/mol. The average Bonchev–Trinajstić information content (AvgIpc) is 2.26. The standard InChI is InChI=1S/C12H17BrClN/c13-8-2-1-3-9-15-10-11-4-6-12(14)7-5-11/h4-7,15H,1-3,8-10H2. The molecule has 0 fully saturated rings. The molecule has 0 bridgehead atoms. The molecule has 0 aliphatic carbocycles. The van der Waals surface area contributed by atoms with Crippen molar-refractivity contribution < 1.29 is 0 Å². The minimum Gasteiger partial charge on any atom is -0.313 e. The molecule has 3 heteroatoms. The molecule has 0 spiro atoms. The third kappa shape index (κ3) is 6.18. The highest BCUT2D eigenvalue weighted by molar-refractivity contribution is 9.09. The fraction of sp³-hybridized carbons (Fsp3) is 0.500. The van der Waals surface area contributed by atoms with Gasteiger partial charge in [0.05, 0.1) is 0 Å². The summed E-state index contributed by atoms with van der Waals surface area (Å²) in [5, 5.41) is 5.34. The molecule has 84 valence electrons. The summed E-state index contributed by atoms with van der Waals surface area (Å²) >= 11 is 9.23. The predicted octanol–water partition coefficient (Wildman–Crippen LogP) is 3.99. The van der Waals surface area contributed by atoms with E-state index in [9.17, 15) is 0 Å². The normalized spacial score (nSPS) is 10.5. The second-order valence-corrected chi connectivity index (χ2v) is 4.78. The van der Waals surface area contributed by atoms with Crippen LogP contribution < -0.4 is 5.32 Å². The molecule has 0 aliphatic heterocycles. The van der Waals surface area contributed by atoms with Gasteiger partial charge in [-0.15, -0.1) is 0 Å². The summed E-state index contributed by atoms with van der Waals surface area (Å²) in [6, 6.07) is 7.99. The number of benzene rings is 1. The van der Waals surface area contributed by atoms with Crippen LogP contribution >= 0.6 is 27.5 Å². The number of hydrogen-bond acceptors (Lipinski definition) is 1. The summed E-state index contributed by atoms with van der Waals surface area (Å²) < 4.78 is 0. The van der Waals surface area contributed by atoms with Crippen molar-refractivity contribution in [2.45, 2.75) is 25.8 Å². The number of rotatable bonds is 7. The highest BCUT2D eigenvalue weighted by Gasteiger charge is 1.93. The van der Waals surface area contributed by atoms with Crippen molar-refractivity contribution in [2.24, 2.45) is 0 Å². The molecule has 1 aromatic carbocycles. The maximum atomic E-state index is 5.81. The molecule has 1 nitrogen and oxygen atoms in total. The highest BCUT2D eigenvalue weighted by atomic mass is 79.9. The minimum atomic E-state index is 0.802. The Hall–Kier alpha value is -0.0500. The summed E-state index contributed by atoms with van der Waals surface area (Å²) in [5.74, 6) is 0. The Balaban J connectivity index is 2.07. The van der Waals surface area contributed by atoms with Gasteiger partial charge in [0.15, 0.2) is 0 Å². The first-order chi connectivity index (χ1) is 7.33. The lowest BCUT2D eigenvalue weighted by Gasteiger charge is -2.04. The molecule has 0 radical (unpaired) electrons. The summed E-state index contributed by atoms with van der Waals surface area (Å²) in [4.78, 5) is 0. The number of halogens is 2. The summed E-state index contributed by atoms with van der Waals surface area (Å²) in [6.45, 7) is 2.03. The Morgan fingerprint density at radius 3 is 2.47 bits per heavy atom. The van der Waals surface area contributed by atoms with Gasteiger partial charge in [0, 0.05) is 16.9 Å². The second kappa shape index (κ2) is 8.14. The quantitative estimate of drug-likeness (QED) is 0.591. The zero-order valence-electron chi connectivity index (χ0n) is 8.81. The number of alkyl halides is 1. The number of unbranched alkanes of at least 4 members (excludes halogenated alkanes) is 2. The molecule has 0 saturated heterocycles. The molecule has 0 atom stereocenters. The van der Waals surface area contributed by atoms with Crippen molar-refractivity contribution in [3.63, 3.8) is 0 Å². The predicted molar refractivity (Wildman–Crippen MR) is 70.8 cm³/mol. The van der Waals surface area contributed by atoms with E-state index in [-0.39, 0.29) is 0 Å². The summed E-state index contributed by atoms with van der Waals surface area (Å²) in [5.41, 5.74) is 1.29. The number of hydrogen-bond donors (Lipinski definition) is 1. The maximum Gasteiger partial charge on any atom is 0.0406 e. The summed E-state index contributed by atoms with van der Waals surface area (Å²) in [7, 11) is 0. The molecule has 1 N–H and O–H groups in total. The second-order valence-electron chi connectivity index (χ2n) is 3.55. The molecule has 0 unspecified atom stereocenters. The van der Waals surface area contributed by atoms with Crippen LogP contribution in [0.1, 0.15) is 24.8 Å². The van der Waals surface area contributed by atoms with Crippen molar-refractivity contribution in [3.8, 4) is 0 Å². The topological polar surface area (TPSA) is 12.0 Å². The minimum absolute atomic E-state index is 0.802. The van der Waals surface area contributed by atoms with E-state index in [1.807, 2.05) is 12.1 Å². The Labute approximate surface area is 105 Å². The average molecular weight is 291 g/mol. The first kappa shape index (κ1) is 13.0. The molecule has 0 amide bonds. The molecular weight excluding hydrogens is 273 g/mol. The van der Waals surface area contributed by atoms with Crippen LogP contribution in [0.2, 0.25) is 5.02 Å². The first-order valence-electron chi connectivity index (χ1n) is 5.34. The van der Waals surface area contributed by atoms with Crippen LogP contribution in [0.3, 0.4) is 0 Å². The van der Waals surface area contributed by atoms with Gasteiger partial charge in [-0.1, -0.05) is 46.1 Å². The van der Waals surface area contributed by atoms with Gasteiger partial charge >= 0.3 is 0 Å². The van der Waals surface area contributed by atoms with Crippen LogP contribution in [-0.4, -0.2) is 11.9 Å². The Morgan fingerprint density at radius 1 is 1.07 bits per heavy atom. The van der Waals surface area contributed by atoms with Crippen LogP contribution in [0.15, 0.2) is 24.3 Å². The fourth-order valence-electron chi connectivity index (χ4n) is 1.36. The maximum absolute atomic E-state index is 5.81. The SMILES string of the molecule is Clc1ccc(CNCCCCCBr)cc1. The van der Waals surface area contributed by atoms with Gasteiger partial charge in [-0.05, 0) is 37.1 Å². The van der Waals surface area contributed by atoms with Crippen LogP contribution in [0.25, 0.3) is 0 Å². The van der Waals surface area contributed by atoms with Crippen LogP contribution in [0.5, 0.6) is 0 Å². The van der Waals surface area contributed by atoms with Crippen molar-refractivity contribution >= 4 is 27.5 Å². The first-order valence-corrected chi connectivity index (χ1v) is 6.84. The van der Waals surface area contributed by atoms with Crippen molar-refractivity contribution in [2.75, 3.05) is 11.9 Å². The third-order valence-corrected chi connectivity index (χ3v) is 3.04. The van der Waals surface area contributed by atoms with Crippen molar-refractivity contribution in [1.82, 2.24) is 5.32 Å². The molecule has 1 rings (SSSR count). The van der Waals surface area contributed by atoms with Gasteiger partial charge < -0.3 is 5.32 Å². The van der Waals surface area contributed by atoms with Crippen molar-refractivity contribution in [1.29, 1.82) is 0 Å². The van der Waals surface area contributed by atoms with E-state index in [2.05, 4.69) is 33.4 Å². The molecule has 0 aliphatic rings. The van der Waals surface area contributed by atoms with E-state index < -0.39 is 0 Å². The van der Waals surface area contributed by atoms with Gasteiger partial charge in [-0.2, -0.15) is 0 Å². The lowest BCUT2D eigenvalue weighted by atomic mass is 10.2. The molecule has 0 saturated carbocycles. The summed E-state index contributed by atoms with van der Waals surface area (Å²) in [6.07, 6.45) is 3.81. The zero-order valence-corrected chi connectivity index (χ0v) is 11.1. The van der Waals surface area contributed by atoms with Crippen molar-refractivity contribution in [3.05, 3.63) is 34.9 Å². The Morgan fingerprint density at radius 2 is 1.80 bits per heavy atom. The van der Waals surface area contributed by atoms with E-state index >= 15 is 0 Å². The van der Waals surface area contributed by atoms with Crippen LogP contribution in [-0.2, 0) is 6.54 Å². The van der Waals surface area contributed by atoms with Gasteiger partial charge in [0.25, 0.3) is 0 Å². The lowest BCUT2D eigenvalue weighted by molar-refractivity contribution is 0.619. The van der Waals surface area contributed by atoms with E-state index in [1.54, 1.807) is 0 Å². The van der Waals surface area contributed by atoms with E-state index in [4.69, 9.17) is 11.6 Å². The smallest absolute Gasteiger partial charge is 0.0406 e. The Kier molecular flexibility index (Phi) is 7.07. The molecule has 0 aromatic heterocycles. The van der Waals surface area contributed by atoms with Gasteiger partial charge in [-0.3, -0.25) is 0 Å². The molecule has 15 heavy (non-hydrogen) atoms. The third-order valence-electron chi connectivity index (χ3n) is 2.23. The molecular formula is C12H17BrClN. The number of nitrogens with one attached hydrogen (secondary N) is 1. The van der Waals surface area contributed by atoms with Gasteiger partial charge in [-0.25, -0.2) is 0 Å². The fourth-order valence-corrected chi connectivity index (χ4v) is 1.88. The lowest BCUT2D eigenvalue weighted by Crippen LogP contribution is -2.14. The Bertz CT molecular complexity index is 261. The van der Waals surface area contributed by atoms with Crippen LogP contribution in [0.4, 0.5) is 0 Å². The van der Waals surface area contributed by atoms with E-state index in [0.29, 0.717) is 0 Å². The molecule has 0 heterocycles. The van der Waals surface area contributed by atoms with E-state index in [0.717, 1.165) is 23.4 Å². The van der Waals surface area contributed by atoms with Gasteiger partial charge in [0.2, 0.25) is 0 Å². The zero-order chi connectivity index (χ0) is 10.9.